The topological polar surface area (TPSA) is 56.4 Å². The van der Waals surface area contributed by atoms with Gasteiger partial charge in [0.25, 0.3) is 0 Å². The van der Waals surface area contributed by atoms with E-state index in [0.717, 1.165) is 66.0 Å². The minimum atomic E-state index is 0.646. The van der Waals surface area contributed by atoms with E-state index >= 15 is 0 Å². The summed E-state index contributed by atoms with van der Waals surface area (Å²) in [5.74, 6) is 0.878. The van der Waals surface area contributed by atoms with E-state index in [1.807, 2.05) is 54.7 Å². The number of likely N-dealkylation sites (N-methyl/N-ethyl adjacent to an activating group) is 1. The lowest BCUT2D eigenvalue weighted by atomic mass is 10.1. The molecule has 30 heavy (non-hydrogen) atoms. The van der Waals surface area contributed by atoms with Gasteiger partial charge in [0.05, 0.1) is 17.6 Å². The summed E-state index contributed by atoms with van der Waals surface area (Å²) in [4.78, 5) is 4.82. The fourth-order valence-corrected chi connectivity index (χ4v) is 3.72. The van der Waals surface area contributed by atoms with Crippen LogP contribution >= 0.6 is 11.6 Å². The summed E-state index contributed by atoms with van der Waals surface area (Å²) < 4.78 is 6.11. The number of H-pyrrole nitrogens is 1. The quantitative estimate of drug-likeness (QED) is 0.572. The van der Waals surface area contributed by atoms with Crippen LogP contribution in [0, 0.1) is 0 Å². The average Bonchev–Trinajstić information content (AvgIpc) is 3.23. The predicted molar refractivity (Wildman–Crippen MR) is 122 cm³/mol. The summed E-state index contributed by atoms with van der Waals surface area (Å²) in [6.45, 7) is 6.74. The molecule has 1 aromatic heterocycles. The second kappa shape index (κ2) is 9.98. The van der Waals surface area contributed by atoms with E-state index in [-0.39, 0.29) is 0 Å². The molecule has 2 aromatic carbocycles. The molecular formula is C23H28ClN5O. The van der Waals surface area contributed by atoms with Crippen LogP contribution in [-0.4, -0.2) is 66.4 Å². The Kier molecular flexibility index (Phi) is 6.89. The van der Waals surface area contributed by atoms with Crippen LogP contribution in [0.25, 0.3) is 11.3 Å². The Morgan fingerprint density at radius 3 is 2.63 bits per heavy atom. The summed E-state index contributed by atoms with van der Waals surface area (Å²) in [5.41, 5.74) is 4.13. The largest absolute Gasteiger partial charge is 0.490 e. The van der Waals surface area contributed by atoms with Crippen molar-refractivity contribution in [3.05, 3.63) is 65.3 Å². The van der Waals surface area contributed by atoms with Gasteiger partial charge < -0.3 is 15.0 Å². The molecule has 1 saturated heterocycles. The number of piperazine rings is 1. The Hall–Kier alpha value is -2.54. The number of hydrogen-bond donors (Lipinski definition) is 2. The zero-order valence-electron chi connectivity index (χ0n) is 17.3. The van der Waals surface area contributed by atoms with Crippen molar-refractivity contribution in [2.45, 2.75) is 6.54 Å². The molecule has 2 N–H and O–H groups in total. The number of ether oxygens (including phenoxy) is 1. The van der Waals surface area contributed by atoms with Gasteiger partial charge in [-0.15, -0.1) is 0 Å². The second-order valence-electron chi connectivity index (χ2n) is 7.62. The first-order valence-corrected chi connectivity index (χ1v) is 10.7. The highest BCUT2D eigenvalue weighted by molar-refractivity contribution is 6.30. The molecule has 6 nitrogen and oxygen atoms in total. The van der Waals surface area contributed by atoms with Crippen molar-refractivity contribution in [3.8, 4) is 17.0 Å². The van der Waals surface area contributed by atoms with E-state index in [4.69, 9.17) is 16.3 Å². The Labute approximate surface area is 182 Å². The Morgan fingerprint density at radius 2 is 1.83 bits per heavy atom. The number of halogens is 1. The van der Waals surface area contributed by atoms with Crippen molar-refractivity contribution in [2.24, 2.45) is 0 Å². The molecule has 0 aliphatic carbocycles. The maximum atomic E-state index is 6.11. The van der Waals surface area contributed by atoms with Gasteiger partial charge in [-0.1, -0.05) is 35.9 Å². The molecule has 1 aliphatic rings. The lowest BCUT2D eigenvalue weighted by Gasteiger charge is -2.32. The smallest absolute Gasteiger partial charge is 0.142 e. The van der Waals surface area contributed by atoms with Crippen molar-refractivity contribution >= 4 is 17.3 Å². The second-order valence-corrected chi connectivity index (χ2v) is 8.06. The molecule has 0 saturated carbocycles. The van der Waals surface area contributed by atoms with Crippen LogP contribution in [0.4, 0.5) is 5.69 Å². The van der Waals surface area contributed by atoms with Gasteiger partial charge in [-0.25, -0.2) is 0 Å². The molecule has 0 spiro atoms. The van der Waals surface area contributed by atoms with Gasteiger partial charge >= 0.3 is 0 Å². The van der Waals surface area contributed by atoms with Crippen LogP contribution in [0.1, 0.15) is 5.56 Å². The average molecular weight is 426 g/mol. The van der Waals surface area contributed by atoms with E-state index in [9.17, 15) is 0 Å². The zero-order valence-corrected chi connectivity index (χ0v) is 18.0. The van der Waals surface area contributed by atoms with Crippen LogP contribution in [0.5, 0.6) is 5.75 Å². The zero-order chi connectivity index (χ0) is 20.8. The van der Waals surface area contributed by atoms with Gasteiger partial charge in [0.2, 0.25) is 0 Å². The molecule has 0 unspecified atom stereocenters. The SMILES string of the molecule is CN1CCN(CCOc2ccccc2NCc2cn[nH]c2-c2ccc(Cl)cc2)CC1. The predicted octanol–water partition coefficient (Wildman–Crippen LogP) is 3.97. The van der Waals surface area contributed by atoms with Crippen LogP contribution < -0.4 is 10.1 Å². The van der Waals surface area contributed by atoms with Gasteiger partial charge in [-0.3, -0.25) is 10.00 Å². The fourth-order valence-electron chi connectivity index (χ4n) is 3.60. The summed E-state index contributed by atoms with van der Waals surface area (Å²) in [7, 11) is 2.17. The molecular weight excluding hydrogens is 398 g/mol. The van der Waals surface area contributed by atoms with E-state index in [1.54, 1.807) is 0 Å². The fraction of sp³-hybridized carbons (Fsp3) is 0.348. The first-order chi connectivity index (χ1) is 14.7. The first kappa shape index (κ1) is 20.7. The van der Waals surface area contributed by atoms with Crippen LogP contribution in [-0.2, 0) is 6.54 Å². The van der Waals surface area contributed by atoms with Crippen LogP contribution in [0.3, 0.4) is 0 Å². The summed E-state index contributed by atoms with van der Waals surface area (Å²) in [5, 5.41) is 11.5. The Bertz CT molecular complexity index is 935. The lowest BCUT2D eigenvalue weighted by Crippen LogP contribution is -2.45. The number of para-hydroxylation sites is 2. The van der Waals surface area contributed by atoms with Gasteiger partial charge in [-0.2, -0.15) is 5.10 Å². The van der Waals surface area contributed by atoms with Crippen molar-refractivity contribution in [1.82, 2.24) is 20.0 Å². The third-order valence-electron chi connectivity index (χ3n) is 5.47. The molecule has 0 radical (unpaired) electrons. The van der Waals surface area contributed by atoms with Gasteiger partial charge in [0.15, 0.2) is 0 Å². The van der Waals surface area contributed by atoms with E-state index in [0.29, 0.717) is 13.2 Å². The highest BCUT2D eigenvalue weighted by atomic mass is 35.5. The summed E-state index contributed by atoms with van der Waals surface area (Å²) >= 11 is 6.01. The third kappa shape index (κ3) is 5.33. The van der Waals surface area contributed by atoms with Crippen molar-refractivity contribution in [2.75, 3.05) is 51.7 Å². The summed E-state index contributed by atoms with van der Waals surface area (Å²) in [6, 6.07) is 15.9. The molecule has 7 heteroatoms. The number of benzene rings is 2. The number of nitrogens with zero attached hydrogens (tertiary/aromatic N) is 3. The molecule has 0 amide bonds. The monoisotopic (exact) mass is 425 g/mol. The van der Waals surface area contributed by atoms with Crippen molar-refractivity contribution in [3.63, 3.8) is 0 Å². The minimum Gasteiger partial charge on any atom is -0.490 e. The first-order valence-electron chi connectivity index (χ1n) is 10.3. The number of hydrogen-bond acceptors (Lipinski definition) is 5. The molecule has 1 aliphatic heterocycles. The number of anilines is 1. The molecule has 0 bridgehead atoms. The molecule has 158 valence electrons. The van der Waals surface area contributed by atoms with E-state index < -0.39 is 0 Å². The van der Waals surface area contributed by atoms with Crippen molar-refractivity contribution in [1.29, 1.82) is 0 Å². The molecule has 2 heterocycles. The maximum Gasteiger partial charge on any atom is 0.142 e. The molecule has 0 atom stereocenters. The number of nitrogens with one attached hydrogen (secondary N) is 2. The lowest BCUT2D eigenvalue weighted by molar-refractivity contribution is 0.134. The summed E-state index contributed by atoms with van der Waals surface area (Å²) in [6.07, 6.45) is 1.85. The highest BCUT2D eigenvalue weighted by Crippen LogP contribution is 2.27. The van der Waals surface area contributed by atoms with E-state index in [1.165, 1.54) is 0 Å². The number of rotatable bonds is 8. The van der Waals surface area contributed by atoms with Gasteiger partial charge in [-0.05, 0) is 36.9 Å². The third-order valence-corrected chi connectivity index (χ3v) is 5.72. The highest BCUT2D eigenvalue weighted by Gasteiger charge is 2.14. The number of aromatic amines is 1. The number of aromatic nitrogens is 2. The molecule has 1 fully saturated rings. The van der Waals surface area contributed by atoms with Gasteiger partial charge in [0, 0.05) is 49.9 Å². The van der Waals surface area contributed by atoms with Crippen LogP contribution in [0.2, 0.25) is 5.02 Å². The molecule has 3 aromatic rings. The van der Waals surface area contributed by atoms with Crippen molar-refractivity contribution < 1.29 is 4.74 Å². The van der Waals surface area contributed by atoms with Gasteiger partial charge in [0.1, 0.15) is 12.4 Å². The Morgan fingerprint density at radius 1 is 1.07 bits per heavy atom. The standard InChI is InChI=1S/C23H28ClN5O/c1-28-10-12-29(13-11-28)14-15-30-22-5-3-2-4-21(22)25-16-19-17-26-27-23(19)18-6-8-20(24)9-7-18/h2-9,17,25H,10-16H2,1H3,(H,26,27). The van der Waals surface area contributed by atoms with E-state index in [2.05, 4.69) is 32.4 Å². The minimum absolute atomic E-state index is 0.646. The van der Waals surface area contributed by atoms with Crippen LogP contribution in [0.15, 0.2) is 54.7 Å². The molecule has 4 rings (SSSR count). The maximum absolute atomic E-state index is 6.11. The normalized spacial score (nSPS) is 15.3. The Balaban J connectivity index is 1.35.